The number of methoxy groups -OCH3 is 1. The van der Waals surface area contributed by atoms with Crippen molar-refractivity contribution in [3.05, 3.63) is 10.4 Å². The van der Waals surface area contributed by atoms with Gasteiger partial charge in [0.1, 0.15) is 6.61 Å². The summed E-state index contributed by atoms with van der Waals surface area (Å²) in [6.45, 7) is 2.45. The molecule has 232 valence electrons. The standard InChI is InChI=1S/C23H36N4O14/c1-12(28)26-19-15(10-18(32)33)14(9-17(30)31)16(11-39-13(2)29)40-20(19)41-22(23(3,35)21(34)36-4)38-8-7-37-6-5-25-27-24/h14-16,19-20,22,35H,5-11H2,1-4H3,(H,26,28)(H,30,31)(H,32,33)/t14-,15+,16-,19+,20-,22+,23-/m0/s1. The Balaban J connectivity index is 3.42. The topological polar surface area (TPSA) is 262 Å². The van der Waals surface area contributed by atoms with Crippen LogP contribution in [0.25, 0.3) is 10.4 Å². The van der Waals surface area contributed by atoms with Gasteiger partial charge in [0, 0.05) is 37.1 Å². The van der Waals surface area contributed by atoms with Gasteiger partial charge in [0.15, 0.2) is 12.6 Å². The Morgan fingerprint density at radius 2 is 1.71 bits per heavy atom. The quantitative estimate of drug-likeness (QED) is 0.0393. The van der Waals surface area contributed by atoms with Gasteiger partial charge < -0.3 is 49.1 Å². The summed E-state index contributed by atoms with van der Waals surface area (Å²) >= 11 is 0. The summed E-state index contributed by atoms with van der Waals surface area (Å²) in [4.78, 5) is 62.0. The van der Waals surface area contributed by atoms with Gasteiger partial charge in [-0.05, 0) is 12.5 Å². The number of carboxylic acid groups (broad SMARTS) is 2. The Morgan fingerprint density at radius 3 is 2.24 bits per heavy atom. The van der Waals surface area contributed by atoms with E-state index in [1.165, 1.54) is 0 Å². The molecule has 0 aromatic carbocycles. The molecule has 1 aliphatic rings. The smallest absolute Gasteiger partial charge is 0.342 e. The van der Waals surface area contributed by atoms with Crippen molar-refractivity contribution in [3.63, 3.8) is 0 Å². The average molecular weight is 593 g/mol. The molecule has 7 atom stereocenters. The molecule has 0 aliphatic carbocycles. The molecule has 1 aliphatic heterocycles. The van der Waals surface area contributed by atoms with E-state index >= 15 is 0 Å². The van der Waals surface area contributed by atoms with E-state index in [9.17, 15) is 39.3 Å². The second kappa shape index (κ2) is 17.3. The molecule has 0 spiro atoms. The molecule has 1 heterocycles. The Bertz CT molecular complexity index is 970. The molecule has 4 N–H and O–H groups in total. The maximum absolute atomic E-state index is 12.4. The van der Waals surface area contributed by atoms with Gasteiger partial charge in [0.05, 0.1) is 51.9 Å². The molecule has 1 fully saturated rings. The van der Waals surface area contributed by atoms with E-state index in [4.69, 9.17) is 29.2 Å². The highest BCUT2D eigenvalue weighted by molar-refractivity contribution is 5.79. The molecule has 1 rings (SSSR count). The van der Waals surface area contributed by atoms with Crippen LogP contribution in [0, 0.1) is 11.8 Å². The van der Waals surface area contributed by atoms with E-state index in [0.29, 0.717) is 0 Å². The van der Waals surface area contributed by atoms with Crippen LogP contribution >= 0.6 is 0 Å². The normalized spacial score (nSPS) is 24.2. The number of hydrogen-bond acceptors (Lipinski definition) is 13. The van der Waals surface area contributed by atoms with Crippen LogP contribution in [0.5, 0.6) is 0 Å². The van der Waals surface area contributed by atoms with Gasteiger partial charge in [0.2, 0.25) is 11.5 Å². The Hall–Kier alpha value is -3.54. The van der Waals surface area contributed by atoms with Crippen LogP contribution in [0.4, 0.5) is 0 Å². The first kappa shape index (κ1) is 35.5. The highest BCUT2D eigenvalue weighted by atomic mass is 16.8. The van der Waals surface area contributed by atoms with E-state index < -0.39 is 91.4 Å². The third-order valence-corrected chi connectivity index (χ3v) is 5.94. The van der Waals surface area contributed by atoms with E-state index in [-0.39, 0.29) is 26.4 Å². The zero-order chi connectivity index (χ0) is 31.2. The van der Waals surface area contributed by atoms with Crippen LogP contribution in [0.15, 0.2) is 5.11 Å². The van der Waals surface area contributed by atoms with Crippen LogP contribution in [0.2, 0.25) is 0 Å². The number of nitrogens with zero attached hydrogens (tertiary/aromatic N) is 3. The lowest BCUT2D eigenvalue weighted by Crippen LogP contribution is -2.63. The van der Waals surface area contributed by atoms with Crippen molar-refractivity contribution in [1.29, 1.82) is 0 Å². The minimum Gasteiger partial charge on any atom is -0.481 e. The molecule has 0 aromatic rings. The zero-order valence-electron chi connectivity index (χ0n) is 23.1. The van der Waals surface area contributed by atoms with E-state index in [0.717, 1.165) is 27.9 Å². The number of rotatable bonds is 18. The predicted octanol–water partition coefficient (Wildman–Crippen LogP) is -0.429. The van der Waals surface area contributed by atoms with Gasteiger partial charge in [-0.1, -0.05) is 5.11 Å². The van der Waals surface area contributed by atoms with Crippen molar-refractivity contribution in [3.8, 4) is 0 Å². The van der Waals surface area contributed by atoms with Crippen molar-refractivity contribution in [2.24, 2.45) is 17.0 Å². The summed E-state index contributed by atoms with van der Waals surface area (Å²) in [6.07, 6.45) is -5.99. The number of azide groups is 1. The van der Waals surface area contributed by atoms with Crippen molar-refractivity contribution in [2.45, 2.75) is 63.9 Å². The third kappa shape index (κ3) is 11.8. The minimum atomic E-state index is -2.48. The Labute approximate surface area is 234 Å². The van der Waals surface area contributed by atoms with Gasteiger partial charge in [-0.25, -0.2) is 4.79 Å². The van der Waals surface area contributed by atoms with Crippen molar-refractivity contribution >= 4 is 29.8 Å². The summed E-state index contributed by atoms with van der Waals surface area (Å²) in [5.74, 6) is -7.42. The largest absolute Gasteiger partial charge is 0.481 e. The molecule has 0 radical (unpaired) electrons. The van der Waals surface area contributed by atoms with Gasteiger partial charge in [0.25, 0.3) is 0 Å². The molecule has 0 aromatic heterocycles. The van der Waals surface area contributed by atoms with Gasteiger partial charge in [-0.15, -0.1) is 0 Å². The van der Waals surface area contributed by atoms with E-state index in [1.54, 1.807) is 0 Å². The second-order valence-electron chi connectivity index (χ2n) is 9.14. The lowest BCUT2D eigenvalue weighted by Gasteiger charge is -2.47. The monoisotopic (exact) mass is 592 g/mol. The molecule has 18 heteroatoms. The van der Waals surface area contributed by atoms with Crippen LogP contribution in [-0.4, -0.2) is 116 Å². The van der Waals surface area contributed by atoms with Gasteiger partial charge in [-0.3, -0.25) is 19.2 Å². The number of aliphatic carboxylic acids is 2. The summed E-state index contributed by atoms with van der Waals surface area (Å²) in [5, 5.41) is 35.8. The molecular weight excluding hydrogens is 556 g/mol. The SMILES string of the molecule is COC(=O)[C@](C)(O)[C@H](OCCOCCN=[N+]=[N-])O[C@@H]1O[C@@H](COC(C)=O)[C@@H](CC(=O)O)[C@@H](CC(=O)O)[C@H]1NC(C)=O. The summed E-state index contributed by atoms with van der Waals surface area (Å²) in [6, 6.07) is -1.32. The fourth-order valence-electron chi connectivity index (χ4n) is 4.18. The van der Waals surface area contributed by atoms with Crippen molar-refractivity contribution in [1.82, 2.24) is 5.32 Å². The molecule has 1 amide bonds. The number of hydrogen-bond donors (Lipinski definition) is 4. The zero-order valence-corrected chi connectivity index (χ0v) is 23.1. The van der Waals surface area contributed by atoms with Crippen LogP contribution in [0.1, 0.15) is 33.6 Å². The number of carbonyl (C=O) groups excluding carboxylic acids is 3. The number of aliphatic hydroxyl groups is 1. The highest BCUT2D eigenvalue weighted by Gasteiger charge is 2.52. The third-order valence-electron chi connectivity index (χ3n) is 5.94. The fourth-order valence-corrected chi connectivity index (χ4v) is 4.18. The number of nitrogens with one attached hydrogen (secondary N) is 1. The lowest BCUT2D eigenvalue weighted by atomic mass is 9.75. The maximum atomic E-state index is 12.4. The van der Waals surface area contributed by atoms with Crippen LogP contribution in [-0.2, 0) is 52.4 Å². The molecule has 0 unspecified atom stereocenters. The average Bonchev–Trinajstić information content (AvgIpc) is 2.87. The summed E-state index contributed by atoms with van der Waals surface area (Å²) < 4.78 is 32.1. The minimum absolute atomic E-state index is 0.0385. The van der Waals surface area contributed by atoms with Gasteiger partial charge in [-0.2, -0.15) is 0 Å². The summed E-state index contributed by atoms with van der Waals surface area (Å²) in [5.41, 5.74) is 5.83. The maximum Gasteiger partial charge on any atom is 0.342 e. The predicted molar refractivity (Wildman–Crippen MR) is 133 cm³/mol. The van der Waals surface area contributed by atoms with Crippen LogP contribution < -0.4 is 5.32 Å². The van der Waals surface area contributed by atoms with Crippen molar-refractivity contribution < 1.29 is 67.7 Å². The molecular formula is C23H36N4O14. The molecule has 18 nitrogen and oxygen atoms in total. The Morgan fingerprint density at radius 1 is 1.07 bits per heavy atom. The van der Waals surface area contributed by atoms with Crippen molar-refractivity contribution in [2.75, 3.05) is 40.1 Å². The summed E-state index contributed by atoms with van der Waals surface area (Å²) in [7, 11) is 0.998. The van der Waals surface area contributed by atoms with E-state index in [2.05, 4.69) is 20.1 Å². The first-order valence-corrected chi connectivity index (χ1v) is 12.4. The highest BCUT2D eigenvalue weighted by Crippen LogP contribution is 2.38. The number of carbonyl (C=O) groups is 5. The van der Waals surface area contributed by atoms with Crippen LogP contribution in [0.3, 0.4) is 0 Å². The first-order valence-electron chi connectivity index (χ1n) is 12.4. The number of esters is 2. The number of ether oxygens (including phenoxy) is 6. The molecule has 41 heavy (non-hydrogen) atoms. The lowest BCUT2D eigenvalue weighted by molar-refractivity contribution is -0.330. The molecule has 0 bridgehead atoms. The number of carboxylic acids is 2. The molecule has 1 saturated heterocycles. The first-order chi connectivity index (χ1) is 19.2. The Kier molecular flexibility index (Phi) is 15.0. The number of amides is 1. The second-order valence-corrected chi connectivity index (χ2v) is 9.14. The fraction of sp³-hybridized carbons (Fsp3) is 0.783. The van der Waals surface area contributed by atoms with Gasteiger partial charge >= 0.3 is 23.9 Å². The van der Waals surface area contributed by atoms with E-state index in [1.807, 2.05) is 0 Å². The molecule has 0 saturated carbocycles.